The topological polar surface area (TPSA) is 24.9 Å². The smallest absolute Gasteiger partial charge is 0.143 e. The lowest BCUT2D eigenvalue weighted by atomic mass is 9.87. The molecule has 0 N–H and O–H groups in total. The van der Waals surface area contributed by atoms with Crippen molar-refractivity contribution in [2.45, 2.75) is 66.3 Å². The van der Waals surface area contributed by atoms with Crippen molar-refractivity contribution in [3.8, 4) is 22.6 Å². The van der Waals surface area contributed by atoms with Crippen LogP contribution in [0, 0.1) is 13.8 Å². The van der Waals surface area contributed by atoms with Crippen LogP contribution in [0.3, 0.4) is 0 Å². The number of methoxy groups -OCH3 is 2. The molecule has 0 aliphatic rings. The fraction of sp³-hybridized carbons (Fsp3) is 0.286. The number of anilines is 5. The maximum Gasteiger partial charge on any atom is 0.143 e. The molecule has 46 heavy (non-hydrogen) atoms. The van der Waals surface area contributed by atoms with Crippen LogP contribution in [0.4, 0.5) is 28.4 Å². The Morgan fingerprint density at radius 1 is 0.478 bits per heavy atom. The summed E-state index contributed by atoms with van der Waals surface area (Å²) in [5.41, 5.74) is 11.0. The van der Waals surface area contributed by atoms with Gasteiger partial charge in [-0.25, -0.2) is 0 Å². The van der Waals surface area contributed by atoms with Crippen molar-refractivity contribution in [2.75, 3.05) is 24.0 Å². The summed E-state index contributed by atoms with van der Waals surface area (Å²) in [6.07, 6.45) is 0. The van der Waals surface area contributed by atoms with Gasteiger partial charge < -0.3 is 19.3 Å². The molecule has 0 aliphatic carbocycles. The van der Waals surface area contributed by atoms with Gasteiger partial charge >= 0.3 is 0 Å². The molecule has 4 nitrogen and oxygen atoms in total. The summed E-state index contributed by atoms with van der Waals surface area (Å²) in [6.45, 7) is 17.6. The standard InChI is InChI=1S/C42H48N2O2/c1-29-11-19-34(20-12-29)43(35-23-17-33(18-24-35)41(3,4)5)37-25-15-31(27-39(37)45-9)32-16-26-38(40(28-32)46-10)44(42(6,7)8)36-21-13-30(2)14-22-36/h11-28H,1-10H3. The molecule has 0 spiro atoms. The Kier molecular flexibility index (Phi) is 9.21. The van der Waals surface area contributed by atoms with E-state index < -0.39 is 0 Å². The first kappa shape index (κ1) is 32.7. The van der Waals surface area contributed by atoms with E-state index in [9.17, 15) is 0 Å². The van der Waals surface area contributed by atoms with Crippen molar-refractivity contribution in [3.05, 3.63) is 126 Å². The lowest BCUT2D eigenvalue weighted by molar-refractivity contribution is 0.412. The summed E-state index contributed by atoms with van der Waals surface area (Å²) in [7, 11) is 3.48. The molecule has 5 rings (SSSR count). The second-order valence-corrected chi connectivity index (χ2v) is 14.1. The van der Waals surface area contributed by atoms with Crippen molar-refractivity contribution in [1.29, 1.82) is 0 Å². The van der Waals surface area contributed by atoms with Crippen molar-refractivity contribution >= 4 is 28.4 Å². The van der Waals surface area contributed by atoms with Gasteiger partial charge in [0.05, 0.1) is 25.6 Å². The molecule has 0 heterocycles. The van der Waals surface area contributed by atoms with Crippen LogP contribution in [-0.4, -0.2) is 19.8 Å². The molecule has 0 fully saturated rings. The van der Waals surface area contributed by atoms with E-state index in [1.165, 1.54) is 16.7 Å². The summed E-state index contributed by atoms with van der Waals surface area (Å²) >= 11 is 0. The number of benzene rings is 5. The maximum absolute atomic E-state index is 6.08. The van der Waals surface area contributed by atoms with Crippen LogP contribution in [0.15, 0.2) is 109 Å². The highest BCUT2D eigenvalue weighted by atomic mass is 16.5. The van der Waals surface area contributed by atoms with Crippen molar-refractivity contribution in [3.63, 3.8) is 0 Å². The Hall–Kier alpha value is -4.70. The van der Waals surface area contributed by atoms with Gasteiger partial charge in [-0.3, -0.25) is 0 Å². The van der Waals surface area contributed by atoms with E-state index >= 15 is 0 Å². The monoisotopic (exact) mass is 612 g/mol. The van der Waals surface area contributed by atoms with Crippen LogP contribution >= 0.6 is 0 Å². The summed E-state index contributed by atoms with van der Waals surface area (Å²) in [5, 5.41) is 0. The number of nitrogens with zero attached hydrogens (tertiary/aromatic N) is 2. The van der Waals surface area contributed by atoms with Crippen LogP contribution in [-0.2, 0) is 5.41 Å². The van der Waals surface area contributed by atoms with Gasteiger partial charge in [0, 0.05) is 22.6 Å². The molecule has 0 atom stereocenters. The molecule has 0 bridgehead atoms. The minimum atomic E-state index is -0.167. The minimum absolute atomic E-state index is 0.0766. The zero-order valence-electron chi connectivity index (χ0n) is 29.1. The Bertz CT molecular complexity index is 1780. The van der Waals surface area contributed by atoms with E-state index in [0.717, 1.165) is 51.1 Å². The Labute approximate surface area is 276 Å². The molecule has 5 aromatic rings. The lowest BCUT2D eigenvalue weighted by Crippen LogP contribution is -2.37. The van der Waals surface area contributed by atoms with Crippen molar-refractivity contribution in [2.24, 2.45) is 0 Å². The molecular weight excluding hydrogens is 564 g/mol. The fourth-order valence-electron chi connectivity index (χ4n) is 5.90. The van der Waals surface area contributed by atoms with Gasteiger partial charge in [0.2, 0.25) is 0 Å². The van der Waals surface area contributed by atoms with E-state index in [1.54, 1.807) is 14.2 Å². The number of ether oxygens (including phenoxy) is 2. The van der Waals surface area contributed by atoms with Gasteiger partial charge in [-0.05, 0) is 117 Å². The summed E-state index contributed by atoms with van der Waals surface area (Å²) < 4.78 is 12.1. The van der Waals surface area contributed by atoms with E-state index in [4.69, 9.17) is 9.47 Å². The zero-order chi connectivity index (χ0) is 33.2. The van der Waals surface area contributed by atoms with E-state index in [0.29, 0.717) is 0 Å². The Morgan fingerprint density at radius 3 is 1.33 bits per heavy atom. The molecule has 0 unspecified atom stereocenters. The van der Waals surface area contributed by atoms with E-state index in [1.807, 2.05) is 0 Å². The highest BCUT2D eigenvalue weighted by molar-refractivity contribution is 5.84. The normalized spacial score (nSPS) is 11.7. The van der Waals surface area contributed by atoms with Crippen LogP contribution in [0.1, 0.15) is 58.2 Å². The SMILES string of the molecule is COc1cc(-c2ccc(N(c3ccc(C)cc3)C(C)(C)C)c(OC)c2)ccc1N(c1ccc(C)cc1)c1ccc(C(C)(C)C)cc1. The first-order valence-corrected chi connectivity index (χ1v) is 16.0. The summed E-state index contributed by atoms with van der Waals surface area (Å²) in [5.74, 6) is 1.60. The second-order valence-electron chi connectivity index (χ2n) is 14.1. The predicted octanol–water partition coefficient (Wildman–Crippen LogP) is 11.7. The third-order valence-electron chi connectivity index (χ3n) is 8.42. The first-order chi connectivity index (χ1) is 21.8. The zero-order valence-corrected chi connectivity index (χ0v) is 29.1. The highest BCUT2D eigenvalue weighted by Crippen LogP contribution is 2.45. The molecule has 0 amide bonds. The Balaban J connectivity index is 1.58. The van der Waals surface area contributed by atoms with Crippen molar-refractivity contribution in [1.82, 2.24) is 0 Å². The third-order valence-corrected chi connectivity index (χ3v) is 8.42. The maximum atomic E-state index is 6.08. The van der Waals surface area contributed by atoms with Crippen LogP contribution in [0.25, 0.3) is 11.1 Å². The average Bonchev–Trinajstić information content (AvgIpc) is 3.02. The largest absolute Gasteiger partial charge is 0.495 e. The van der Waals surface area contributed by atoms with Gasteiger partial charge in [-0.15, -0.1) is 0 Å². The second kappa shape index (κ2) is 13.0. The Morgan fingerprint density at radius 2 is 0.891 bits per heavy atom. The number of hydrogen-bond acceptors (Lipinski definition) is 4. The molecule has 0 radical (unpaired) electrons. The van der Waals surface area contributed by atoms with Gasteiger partial charge in [0.15, 0.2) is 0 Å². The van der Waals surface area contributed by atoms with Gasteiger partial charge in [0.1, 0.15) is 11.5 Å². The third kappa shape index (κ3) is 6.92. The minimum Gasteiger partial charge on any atom is -0.495 e. The van der Waals surface area contributed by atoms with Gasteiger partial charge in [-0.1, -0.05) is 80.4 Å². The van der Waals surface area contributed by atoms with Gasteiger partial charge in [-0.2, -0.15) is 0 Å². The fourth-order valence-corrected chi connectivity index (χ4v) is 5.90. The molecule has 5 aromatic carbocycles. The predicted molar refractivity (Wildman–Crippen MR) is 196 cm³/mol. The lowest BCUT2D eigenvalue weighted by Gasteiger charge is -2.38. The first-order valence-electron chi connectivity index (χ1n) is 16.0. The molecule has 4 heteroatoms. The molecule has 0 aromatic heterocycles. The highest BCUT2D eigenvalue weighted by Gasteiger charge is 2.27. The number of hydrogen-bond donors (Lipinski definition) is 0. The molecule has 0 saturated heterocycles. The average molecular weight is 613 g/mol. The quantitative estimate of drug-likeness (QED) is 0.174. The summed E-state index contributed by atoms with van der Waals surface area (Å²) in [6, 6.07) is 39.0. The van der Waals surface area contributed by atoms with E-state index in [2.05, 4.69) is 174 Å². The molecule has 0 aliphatic heterocycles. The van der Waals surface area contributed by atoms with Crippen molar-refractivity contribution < 1.29 is 9.47 Å². The van der Waals surface area contributed by atoms with Crippen LogP contribution in [0.5, 0.6) is 11.5 Å². The van der Waals surface area contributed by atoms with Crippen LogP contribution < -0.4 is 19.3 Å². The van der Waals surface area contributed by atoms with Crippen LogP contribution in [0.2, 0.25) is 0 Å². The number of aryl methyl sites for hydroxylation is 2. The molecular formula is C42H48N2O2. The van der Waals surface area contributed by atoms with Gasteiger partial charge in [0.25, 0.3) is 0 Å². The van der Waals surface area contributed by atoms with E-state index in [-0.39, 0.29) is 11.0 Å². The molecule has 0 saturated carbocycles. The number of rotatable bonds is 8. The summed E-state index contributed by atoms with van der Waals surface area (Å²) in [4.78, 5) is 4.60. The molecule has 238 valence electrons.